The molecule has 0 saturated carbocycles. The highest BCUT2D eigenvalue weighted by atomic mass is 32.1. The van der Waals surface area contributed by atoms with Crippen LogP contribution in [-0.2, 0) is 24.1 Å². The van der Waals surface area contributed by atoms with Crippen LogP contribution in [0.1, 0.15) is 39.2 Å². The van der Waals surface area contributed by atoms with Gasteiger partial charge in [0.25, 0.3) is 5.91 Å². The van der Waals surface area contributed by atoms with Gasteiger partial charge in [0.1, 0.15) is 10.8 Å². The van der Waals surface area contributed by atoms with Crippen molar-refractivity contribution < 1.29 is 14.0 Å². The van der Waals surface area contributed by atoms with E-state index in [1.807, 2.05) is 0 Å². The number of nitrogens with one attached hydrogen (secondary N) is 1. The summed E-state index contributed by atoms with van der Waals surface area (Å²) in [4.78, 5) is 25.1. The van der Waals surface area contributed by atoms with Gasteiger partial charge in [0.2, 0.25) is 5.91 Å². The van der Waals surface area contributed by atoms with Gasteiger partial charge in [-0.25, -0.2) is 4.39 Å². The fourth-order valence-corrected chi connectivity index (χ4v) is 4.18. The minimum atomic E-state index is -0.499. The molecule has 1 aromatic heterocycles. The van der Waals surface area contributed by atoms with Gasteiger partial charge in [0, 0.05) is 4.88 Å². The topological polar surface area (TPSA) is 72.2 Å². The minimum Gasteiger partial charge on any atom is -0.365 e. The molecule has 0 saturated heterocycles. The van der Waals surface area contributed by atoms with Crippen molar-refractivity contribution in [1.29, 1.82) is 0 Å². The highest BCUT2D eigenvalue weighted by Gasteiger charge is 2.24. The summed E-state index contributed by atoms with van der Waals surface area (Å²) in [5, 5.41) is 3.34. The quantitative estimate of drug-likeness (QED) is 0.903. The van der Waals surface area contributed by atoms with Crippen LogP contribution >= 0.6 is 11.3 Å². The Hall–Kier alpha value is -2.21. The summed E-state index contributed by atoms with van der Waals surface area (Å²) in [7, 11) is 0. The third-order valence-corrected chi connectivity index (χ3v) is 5.16. The molecule has 2 aromatic rings. The molecule has 1 heterocycles. The Bertz CT molecular complexity index is 753. The number of hydrogen-bond acceptors (Lipinski definition) is 3. The van der Waals surface area contributed by atoms with Crippen molar-refractivity contribution in [2.45, 2.75) is 32.1 Å². The molecule has 3 N–H and O–H groups in total. The van der Waals surface area contributed by atoms with Gasteiger partial charge in [-0.15, -0.1) is 11.3 Å². The zero-order valence-electron chi connectivity index (χ0n) is 12.5. The van der Waals surface area contributed by atoms with Crippen LogP contribution in [-0.4, -0.2) is 11.8 Å². The van der Waals surface area contributed by atoms with Gasteiger partial charge in [-0.3, -0.25) is 9.59 Å². The maximum absolute atomic E-state index is 12.9. The van der Waals surface area contributed by atoms with Crippen molar-refractivity contribution in [3.05, 3.63) is 51.7 Å². The summed E-state index contributed by atoms with van der Waals surface area (Å²) in [6.45, 7) is 0. The standard InChI is InChI=1S/C17H17FN2O2S/c18-11-7-5-10(6-8-11)9-14(21)20-17-15(16(19)22)12-3-1-2-4-13(12)23-17/h5-8H,1-4,9H2,(H2,19,22)(H,20,21). The number of aryl methyl sites for hydroxylation is 1. The molecule has 0 fully saturated rings. The van der Waals surface area contributed by atoms with Gasteiger partial charge in [-0.1, -0.05) is 12.1 Å². The summed E-state index contributed by atoms with van der Waals surface area (Å²) in [6.07, 6.45) is 4.01. The number of anilines is 1. The molecular weight excluding hydrogens is 315 g/mol. The molecule has 6 heteroatoms. The Morgan fingerprint density at radius 1 is 1.17 bits per heavy atom. The zero-order chi connectivity index (χ0) is 16.4. The summed E-state index contributed by atoms with van der Waals surface area (Å²) >= 11 is 1.44. The second kappa shape index (κ2) is 6.50. The first-order chi connectivity index (χ1) is 11.0. The third-order valence-electron chi connectivity index (χ3n) is 3.95. The Morgan fingerprint density at radius 2 is 1.87 bits per heavy atom. The highest BCUT2D eigenvalue weighted by Crippen LogP contribution is 2.37. The number of nitrogens with two attached hydrogens (primary N) is 1. The number of benzene rings is 1. The normalized spacial score (nSPS) is 13.4. The van der Waals surface area contributed by atoms with Crippen LogP contribution in [0.3, 0.4) is 0 Å². The summed E-state index contributed by atoms with van der Waals surface area (Å²) in [5.41, 5.74) is 7.66. The molecule has 0 spiro atoms. The maximum Gasteiger partial charge on any atom is 0.251 e. The molecule has 0 radical (unpaired) electrons. The summed E-state index contributed by atoms with van der Waals surface area (Å²) < 4.78 is 12.9. The molecule has 0 atom stereocenters. The minimum absolute atomic E-state index is 0.126. The lowest BCUT2D eigenvalue weighted by molar-refractivity contribution is -0.115. The van der Waals surface area contributed by atoms with Crippen molar-refractivity contribution >= 4 is 28.2 Å². The van der Waals surface area contributed by atoms with Gasteiger partial charge in [0.15, 0.2) is 0 Å². The molecular formula is C17H17FN2O2S. The Kier molecular flexibility index (Phi) is 4.43. The first-order valence-electron chi connectivity index (χ1n) is 7.53. The number of fused-ring (bicyclic) bond motifs is 1. The molecule has 1 aliphatic carbocycles. The fraction of sp³-hybridized carbons (Fsp3) is 0.294. The summed E-state index contributed by atoms with van der Waals surface area (Å²) in [6, 6.07) is 5.79. The summed E-state index contributed by atoms with van der Waals surface area (Å²) in [5.74, 6) is -1.07. The van der Waals surface area contributed by atoms with E-state index in [2.05, 4.69) is 5.32 Å². The van der Waals surface area contributed by atoms with Gasteiger partial charge < -0.3 is 11.1 Å². The lowest BCUT2D eigenvalue weighted by atomic mass is 9.95. The average Bonchev–Trinajstić information content (AvgIpc) is 2.87. The molecule has 1 aromatic carbocycles. The maximum atomic E-state index is 12.9. The molecule has 4 nitrogen and oxygen atoms in total. The van der Waals surface area contributed by atoms with Crippen LogP contribution in [0, 0.1) is 5.82 Å². The number of halogens is 1. The zero-order valence-corrected chi connectivity index (χ0v) is 13.3. The SMILES string of the molecule is NC(=O)c1c(NC(=O)Cc2ccc(F)cc2)sc2c1CCCC2. The van der Waals surface area contributed by atoms with E-state index in [4.69, 9.17) is 5.73 Å². The third kappa shape index (κ3) is 3.42. The second-order valence-corrected chi connectivity index (χ2v) is 6.74. The van der Waals surface area contributed by atoms with E-state index in [-0.39, 0.29) is 18.1 Å². The molecule has 120 valence electrons. The van der Waals surface area contributed by atoms with E-state index in [0.29, 0.717) is 16.1 Å². The van der Waals surface area contributed by atoms with E-state index in [9.17, 15) is 14.0 Å². The van der Waals surface area contributed by atoms with Crippen LogP contribution in [0.4, 0.5) is 9.39 Å². The molecule has 3 rings (SSSR count). The molecule has 23 heavy (non-hydrogen) atoms. The molecule has 0 aliphatic heterocycles. The van der Waals surface area contributed by atoms with Gasteiger partial charge in [0.05, 0.1) is 12.0 Å². The predicted molar refractivity (Wildman–Crippen MR) is 88.2 cm³/mol. The van der Waals surface area contributed by atoms with E-state index < -0.39 is 5.91 Å². The highest BCUT2D eigenvalue weighted by molar-refractivity contribution is 7.17. The second-order valence-electron chi connectivity index (χ2n) is 5.63. The Morgan fingerprint density at radius 3 is 2.57 bits per heavy atom. The van der Waals surface area contributed by atoms with Crippen molar-refractivity contribution in [3.8, 4) is 0 Å². The van der Waals surface area contributed by atoms with Crippen LogP contribution in [0.15, 0.2) is 24.3 Å². The Labute approximate surface area is 137 Å². The molecule has 1 aliphatic rings. The average molecular weight is 332 g/mol. The van der Waals surface area contributed by atoms with Gasteiger partial charge >= 0.3 is 0 Å². The number of hydrogen-bond donors (Lipinski definition) is 2. The number of carbonyl (C=O) groups excluding carboxylic acids is 2. The van der Waals surface area contributed by atoms with Crippen molar-refractivity contribution in [2.75, 3.05) is 5.32 Å². The van der Waals surface area contributed by atoms with E-state index in [1.54, 1.807) is 12.1 Å². The van der Waals surface area contributed by atoms with Crippen molar-refractivity contribution in [2.24, 2.45) is 5.73 Å². The largest absolute Gasteiger partial charge is 0.365 e. The number of primary amides is 1. The van der Waals surface area contributed by atoms with Crippen LogP contribution in [0.2, 0.25) is 0 Å². The first-order valence-corrected chi connectivity index (χ1v) is 8.35. The van der Waals surface area contributed by atoms with Crippen molar-refractivity contribution in [3.63, 3.8) is 0 Å². The fourth-order valence-electron chi connectivity index (χ4n) is 2.87. The van der Waals surface area contributed by atoms with Crippen LogP contribution < -0.4 is 11.1 Å². The Balaban J connectivity index is 1.79. The smallest absolute Gasteiger partial charge is 0.251 e. The van der Waals surface area contributed by atoms with E-state index in [1.165, 1.54) is 23.5 Å². The predicted octanol–water partition coefficient (Wildman–Crippen LogP) is 3.05. The van der Waals surface area contributed by atoms with E-state index >= 15 is 0 Å². The number of amides is 2. The number of thiophene rings is 1. The molecule has 2 amide bonds. The van der Waals surface area contributed by atoms with E-state index in [0.717, 1.165) is 36.1 Å². The number of carbonyl (C=O) groups is 2. The monoisotopic (exact) mass is 332 g/mol. The van der Waals surface area contributed by atoms with Crippen LogP contribution in [0.5, 0.6) is 0 Å². The molecule has 0 unspecified atom stereocenters. The first kappa shape index (κ1) is 15.7. The van der Waals surface area contributed by atoms with Crippen LogP contribution in [0.25, 0.3) is 0 Å². The lowest BCUT2D eigenvalue weighted by Crippen LogP contribution is -2.19. The number of rotatable bonds is 4. The molecule has 0 bridgehead atoms. The van der Waals surface area contributed by atoms with Gasteiger partial charge in [-0.2, -0.15) is 0 Å². The van der Waals surface area contributed by atoms with Gasteiger partial charge in [-0.05, 0) is 48.9 Å². The van der Waals surface area contributed by atoms with Crippen molar-refractivity contribution in [1.82, 2.24) is 0 Å². The lowest BCUT2D eigenvalue weighted by Gasteiger charge is -2.11.